The highest BCUT2D eigenvalue weighted by Gasteiger charge is 2.33. The van der Waals surface area contributed by atoms with E-state index in [1.165, 1.54) is 0 Å². The molecule has 0 aromatic carbocycles. The molecule has 0 fully saturated rings. The fourth-order valence-electron chi connectivity index (χ4n) is 0.989. The van der Waals surface area contributed by atoms with Crippen molar-refractivity contribution in [2.24, 2.45) is 11.8 Å². The van der Waals surface area contributed by atoms with E-state index in [2.05, 4.69) is 9.97 Å². The summed E-state index contributed by atoms with van der Waals surface area (Å²) in [7, 11) is 0. The molecule has 0 bridgehead atoms. The van der Waals surface area contributed by atoms with E-state index >= 15 is 0 Å². The molecule has 0 radical (unpaired) electrons. The zero-order valence-corrected chi connectivity index (χ0v) is 10.3. The Kier molecular flexibility index (Phi) is 5.17. The topological polar surface area (TPSA) is 84.1 Å². The molecule has 9 heteroatoms. The first-order valence-corrected chi connectivity index (χ1v) is 6.02. The molecule has 0 spiro atoms. The second-order valence-corrected chi connectivity index (χ2v) is 4.70. The van der Waals surface area contributed by atoms with Crippen LogP contribution >= 0.6 is 11.8 Å². The molecule has 1 aromatic rings. The summed E-state index contributed by atoms with van der Waals surface area (Å²) in [6.07, 6.45) is -4.55. The van der Waals surface area contributed by atoms with Crippen molar-refractivity contribution in [3.63, 3.8) is 0 Å². The normalized spacial score (nSPS) is 13.4. The van der Waals surface area contributed by atoms with Crippen molar-refractivity contribution in [3.05, 3.63) is 11.8 Å². The highest BCUT2D eigenvalue weighted by molar-refractivity contribution is 7.99. The second kappa shape index (κ2) is 6.21. The van der Waals surface area contributed by atoms with Gasteiger partial charge in [-0.2, -0.15) is 13.2 Å². The fraction of sp³-hybridized carbons (Fsp3) is 0.556. The summed E-state index contributed by atoms with van der Waals surface area (Å²) >= 11 is 1.11. The molecule has 1 aromatic heterocycles. The van der Waals surface area contributed by atoms with Crippen molar-refractivity contribution in [2.45, 2.75) is 18.1 Å². The Morgan fingerprint density at radius 3 is 2.67 bits per heavy atom. The number of thioether (sulfide) groups is 1. The molecule has 1 rings (SSSR count). The Morgan fingerprint density at radius 2 is 2.17 bits per heavy atom. The first-order valence-electron chi connectivity index (χ1n) is 5.03. The van der Waals surface area contributed by atoms with Gasteiger partial charge in [0.25, 0.3) is 0 Å². The Labute approximate surface area is 106 Å². The number of anilines is 1. The molecular weight excluding hydrogens is 269 g/mol. The Morgan fingerprint density at radius 1 is 1.50 bits per heavy atom. The van der Waals surface area contributed by atoms with Crippen LogP contribution in [0.4, 0.5) is 19.1 Å². The molecule has 5 nitrogen and oxygen atoms in total. The Bertz CT molecular complexity index is 402. The molecule has 4 N–H and O–H groups in total. The number of hydrogen-bond donors (Lipinski definition) is 3. The molecule has 0 saturated carbocycles. The number of aliphatic hydroxyl groups is 1. The number of hydrogen-bond acceptors (Lipinski definition) is 6. The summed E-state index contributed by atoms with van der Waals surface area (Å²) in [4.78, 5) is 7.04. The monoisotopic (exact) mass is 282 g/mol. The van der Waals surface area contributed by atoms with Gasteiger partial charge in [-0.3, -0.25) is 5.43 Å². The zero-order chi connectivity index (χ0) is 13.8. The van der Waals surface area contributed by atoms with Crippen molar-refractivity contribution in [3.8, 4) is 0 Å². The predicted octanol–water partition coefficient (Wildman–Crippen LogP) is 1.50. The van der Waals surface area contributed by atoms with Crippen LogP contribution in [0.15, 0.2) is 11.1 Å². The van der Waals surface area contributed by atoms with Crippen molar-refractivity contribution < 1.29 is 18.3 Å². The van der Waals surface area contributed by atoms with Crippen LogP contribution in [-0.2, 0) is 6.18 Å². The highest BCUT2D eigenvalue weighted by atomic mass is 32.2. The quantitative estimate of drug-likeness (QED) is 0.328. The lowest BCUT2D eigenvalue weighted by Gasteiger charge is -2.11. The number of aromatic nitrogens is 2. The summed E-state index contributed by atoms with van der Waals surface area (Å²) in [5, 5.41) is 9.00. The fourth-order valence-corrected chi connectivity index (χ4v) is 1.90. The molecule has 0 aliphatic heterocycles. The van der Waals surface area contributed by atoms with E-state index in [-0.39, 0.29) is 23.5 Å². The van der Waals surface area contributed by atoms with Crippen LogP contribution in [0.5, 0.6) is 0 Å². The van der Waals surface area contributed by atoms with Crippen LogP contribution in [0.3, 0.4) is 0 Å². The standard InChI is InChI=1S/C9H13F3N4OS/c1-5(3-17)4-18-7-2-6(9(10,11)12)14-8(15-7)16-13/h2,5,17H,3-4,13H2,1H3,(H,14,15,16). The smallest absolute Gasteiger partial charge is 0.396 e. The zero-order valence-electron chi connectivity index (χ0n) is 9.53. The third-order valence-electron chi connectivity index (χ3n) is 1.95. The van der Waals surface area contributed by atoms with Crippen LogP contribution in [0.2, 0.25) is 0 Å². The Hall–Kier alpha value is -1.06. The average molecular weight is 282 g/mol. The minimum atomic E-state index is -4.55. The lowest BCUT2D eigenvalue weighted by molar-refractivity contribution is -0.141. The van der Waals surface area contributed by atoms with E-state index in [0.717, 1.165) is 17.8 Å². The minimum Gasteiger partial charge on any atom is -0.396 e. The molecule has 0 saturated heterocycles. The number of halogens is 3. The maximum absolute atomic E-state index is 12.5. The van der Waals surface area contributed by atoms with Gasteiger partial charge in [0.05, 0.1) is 0 Å². The van der Waals surface area contributed by atoms with Crippen molar-refractivity contribution in [1.82, 2.24) is 9.97 Å². The van der Waals surface area contributed by atoms with Gasteiger partial charge in [-0.05, 0) is 5.92 Å². The van der Waals surface area contributed by atoms with Gasteiger partial charge in [-0.15, -0.1) is 11.8 Å². The van der Waals surface area contributed by atoms with Crippen molar-refractivity contribution in [2.75, 3.05) is 17.8 Å². The molecule has 0 aliphatic rings. The van der Waals surface area contributed by atoms with Crippen molar-refractivity contribution >= 4 is 17.7 Å². The molecule has 1 unspecified atom stereocenters. The molecule has 1 heterocycles. The van der Waals surface area contributed by atoms with Gasteiger partial charge >= 0.3 is 6.18 Å². The maximum Gasteiger partial charge on any atom is 0.433 e. The molecular formula is C9H13F3N4OS. The lowest BCUT2D eigenvalue weighted by Crippen LogP contribution is -2.16. The molecule has 102 valence electrons. The van der Waals surface area contributed by atoms with E-state index < -0.39 is 11.9 Å². The minimum absolute atomic E-state index is 0.0337. The number of aliphatic hydroxyl groups excluding tert-OH is 1. The number of nitrogens with zero attached hydrogens (tertiary/aromatic N) is 2. The largest absolute Gasteiger partial charge is 0.433 e. The van der Waals surface area contributed by atoms with Crippen LogP contribution in [0.25, 0.3) is 0 Å². The number of rotatable bonds is 5. The first-order chi connectivity index (χ1) is 8.36. The van der Waals surface area contributed by atoms with E-state index in [1.54, 1.807) is 6.92 Å². The number of alkyl halides is 3. The third-order valence-corrected chi connectivity index (χ3v) is 3.19. The number of nitrogen functional groups attached to an aromatic ring is 1. The van der Waals surface area contributed by atoms with Crippen LogP contribution in [0, 0.1) is 5.92 Å². The van der Waals surface area contributed by atoms with Crippen LogP contribution in [0.1, 0.15) is 12.6 Å². The number of hydrazine groups is 1. The van der Waals surface area contributed by atoms with Gasteiger partial charge in [-0.25, -0.2) is 15.8 Å². The number of nitrogens with two attached hydrogens (primary N) is 1. The van der Waals surface area contributed by atoms with Crippen molar-refractivity contribution in [1.29, 1.82) is 0 Å². The van der Waals surface area contributed by atoms with Gasteiger partial charge in [-0.1, -0.05) is 6.92 Å². The summed E-state index contributed by atoms with van der Waals surface area (Å²) in [5.74, 6) is 5.15. The summed E-state index contributed by atoms with van der Waals surface area (Å²) in [6.45, 7) is 1.74. The van der Waals surface area contributed by atoms with Gasteiger partial charge in [0.1, 0.15) is 5.03 Å². The van der Waals surface area contributed by atoms with Gasteiger partial charge in [0.2, 0.25) is 5.95 Å². The van der Waals surface area contributed by atoms with Crippen LogP contribution < -0.4 is 11.3 Å². The average Bonchev–Trinajstić information content (AvgIpc) is 2.34. The first kappa shape index (κ1) is 15.0. The molecule has 0 amide bonds. The molecule has 1 atom stereocenters. The van der Waals surface area contributed by atoms with E-state index in [1.807, 2.05) is 5.43 Å². The van der Waals surface area contributed by atoms with Gasteiger partial charge in [0, 0.05) is 18.4 Å². The summed E-state index contributed by atoms with van der Waals surface area (Å²) in [5.41, 5.74) is 0.945. The maximum atomic E-state index is 12.5. The summed E-state index contributed by atoms with van der Waals surface area (Å²) < 4.78 is 37.6. The molecule has 0 aliphatic carbocycles. The van der Waals surface area contributed by atoms with Gasteiger partial charge in [0.15, 0.2) is 5.69 Å². The molecule has 18 heavy (non-hydrogen) atoms. The van der Waals surface area contributed by atoms with Crippen LogP contribution in [-0.4, -0.2) is 27.4 Å². The van der Waals surface area contributed by atoms with E-state index in [4.69, 9.17) is 10.9 Å². The van der Waals surface area contributed by atoms with Gasteiger partial charge < -0.3 is 5.11 Å². The predicted molar refractivity (Wildman–Crippen MR) is 61.8 cm³/mol. The SMILES string of the molecule is CC(CO)CSc1cc(C(F)(F)F)nc(NN)n1. The third kappa shape index (κ3) is 4.31. The highest BCUT2D eigenvalue weighted by Crippen LogP contribution is 2.31. The lowest BCUT2D eigenvalue weighted by atomic mass is 10.2. The summed E-state index contributed by atoms with van der Waals surface area (Å²) in [6, 6.07) is 0.857. The Balaban J connectivity index is 2.91. The van der Waals surface area contributed by atoms with E-state index in [0.29, 0.717) is 5.75 Å². The number of nitrogens with one attached hydrogen (secondary N) is 1. The van der Waals surface area contributed by atoms with E-state index in [9.17, 15) is 13.2 Å². The second-order valence-electron chi connectivity index (χ2n) is 3.66.